The van der Waals surface area contributed by atoms with Gasteiger partial charge in [0.1, 0.15) is 11.9 Å². The number of amides is 1. The van der Waals surface area contributed by atoms with E-state index in [-0.39, 0.29) is 24.0 Å². The fourth-order valence-corrected chi connectivity index (χ4v) is 2.11. The van der Waals surface area contributed by atoms with Crippen LogP contribution in [0.25, 0.3) is 0 Å². The molecule has 0 bridgehead atoms. The SMILES string of the molecule is O=C(CNc1cccnc1[N+](=O)[O-])N1CCCCC1. The molecular formula is C12H16N4O3. The van der Waals surface area contributed by atoms with E-state index in [9.17, 15) is 14.9 Å². The third-order valence-corrected chi connectivity index (χ3v) is 3.10. The van der Waals surface area contributed by atoms with Gasteiger partial charge in [-0.05, 0) is 41.3 Å². The second-order valence-electron chi connectivity index (χ2n) is 4.43. The predicted octanol–water partition coefficient (Wildman–Crippen LogP) is 1.41. The highest BCUT2D eigenvalue weighted by Crippen LogP contribution is 2.19. The summed E-state index contributed by atoms with van der Waals surface area (Å²) in [7, 11) is 0. The fraction of sp³-hybridized carbons (Fsp3) is 0.500. The zero-order valence-electron chi connectivity index (χ0n) is 10.5. The van der Waals surface area contributed by atoms with E-state index in [4.69, 9.17) is 0 Å². The Bertz CT molecular complexity index is 472. The molecule has 1 fully saturated rings. The number of piperidine rings is 1. The molecule has 1 aromatic heterocycles. The lowest BCUT2D eigenvalue weighted by Crippen LogP contribution is -2.39. The van der Waals surface area contributed by atoms with E-state index in [1.54, 1.807) is 17.0 Å². The molecule has 1 amide bonds. The minimum Gasteiger partial charge on any atom is -0.369 e. The van der Waals surface area contributed by atoms with Crippen LogP contribution in [0.1, 0.15) is 19.3 Å². The maximum absolute atomic E-state index is 11.9. The van der Waals surface area contributed by atoms with Gasteiger partial charge in [0.2, 0.25) is 5.91 Å². The van der Waals surface area contributed by atoms with Crippen LogP contribution in [0.2, 0.25) is 0 Å². The third kappa shape index (κ3) is 3.40. The first kappa shape index (κ1) is 13.3. The van der Waals surface area contributed by atoms with Gasteiger partial charge in [0.15, 0.2) is 0 Å². The molecule has 7 nitrogen and oxygen atoms in total. The summed E-state index contributed by atoms with van der Waals surface area (Å²) in [4.78, 5) is 27.6. The number of nitro groups is 1. The number of nitrogens with one attached hydrogen (secondary N) is 1. The number of anilines is 1. The summed E-state index contributed by atoms with van der Waals surface area (Å²) in [5.41, 5.74) is 0.276. The van der Waals surface area contributed by atoms with Crippen molar-refractivity contribution in [2.24, 2.45) is 0 Å². The quantitative estimate of drug-likeness (QED) is 0.656. The zero-order valence-corrected chi connectivity index (χ0v) is 10.5. The summed E-state index contributed by atoms with van der Waals surface area (Å²) >= 11 is 0. The van der Waals surface area contributed by atoms with Crippen molar-refractivity contribution >= 4 is 17.4 Å². The highest BCUT2D eigenvalue weighted by Gasteiger charge is 2.18. The molecular weight excluding hydrogens is 248 g/mol. The summed E-state index contributed by atoms with van der Waals surface area (Å²) in [5.74, 6) is -0.285. The van der Waals surface area contributed by atoms with E-state index in [1.807, 2.05) is 0 Å². The van der Waals surface area contributed by atoms with Crippen LogP contribution in [0.4, 0.5) is 11.5 Å². The minimum absolute atomic E-state index is 0.0298. The number of pyridine rings is 1. The Kier molecular flexibility index (Phi) is 4.27. The average molecular weight is 264 g/mol. The number of aromatic nitrogens is 1. The van der Waals surface area contributed by atoms with Gasteiger partial charge in [-0.3, -0.25) is 4.79 Å². The predicted molar refractivity (Wildman–Crippen MR) is 69.8 cm³/mol. The lowest BCUT2D eigenvalue weighted by atomic mass is 10.1. The molecule has 7 heteroatoms. The second-order valence-corrected chi connectivity index (χ2v) is 4.43. The monoisotopic (exact) mass is 264 g/mol. The maximum Gasteiger partial charge on any atom is 0.386 e. The highest BCUT2D eigenvalue weighted by atomic mass is 16.6. The summed E-state index contributed by atoms with van der Waals surface area (Å²) in [5, 5.41) is 13.6. The van der Waals surface area contributed by atoms with Crippen LogP contribution in [0.5, 0.6) is 0 Å². The molecule has 0 unspecified atom stereocenters. The first-order valence-electron chi connectivity index (χ1n) is 6.29. The van der Waals surface area contributed by atoms with Crippen molar-refractivity contribution in [1.29, 1.82) is 0 Å². The molecule has 0 aliphatic carbocycles. The molecule has 102 valence electrons. The van der Waals surface area contributed by atoms with Crippen LogP contribution in [0, 0.1) is 10.1 Å². The topological polar surface area (TPSA) is 88.4 Å². The average Bonchev–Trinajstić information content (AvgIpc) is 2.46. The molecule has 0 aromatic carbocycles. The molecule has 0 spiro atoms. The Morgan fingerprint density at radius 3 is 2.84 bits per heavy atom. The normalized spacial score (nSPS) is 15.1. The maximum atomic E-state index is 11.9. The lowest BCUT2D eigenvalue weighted by Gasteiger charge is -2.26. The van der Waals surface area contributed by atoms with Crippen molar-refractivity contribution in [3.8, 4) is 0 Å². The number of hydrogen-bond acceptors (Lipinski definition) is 5. The summed E-state index contributed by atoms with van der Waals surface area (Å²) < 4.78 is 0. The molecule has 1 aliphatic rings. The van der Waals surface area contributed by atoms with Crippen molar-refractivity contribution in [1.82, 2.24) is 9.88 Å². The van der Waals surface area contributed by atoms with Crippen molar-refractivity contribution < 1.29 is 9.72 Å². The number of carbonyl (C=O) groups excluding carboxylic acids is 1. The molecule has 19 heavy (non-hydrogen) atoms. The summed E-state index contributed by atoms with van der Waals surface area (Å²) in [6.45, 7) is 1.61. The molecule has 2 heterocycles. The number of likely N-dealkylation sites (tertiary alicyclic amines) is 1. The summed E-state index contributed by atoms with van der Waals surface area (Å²) in [6, 6.07) is 3.15. The standard InChI is InChI=1S/C12H16N4O3/c17-11(15-7-2-1-3-8-15)9-14-10-5-4-6-13-12(10)16(18)19/h4-6,14H,1-3,7-9H2. The Labute approximate surface area is 110 Å². The Morgan fingerprint density at radius 1 is 1.42 bits per heavy atom. The first-order valence-corrected chi connectivity index (χ1v) is 6.29. The third-order valence-electron chi connectivity index (χ3n) is 3.10. The highest BCUT2D eigenvalue weighted by molar-refractivity contribution is 5.81. The molecule has 0 atom stereocenters. The van der Waals surface area contributed by atoms with Crippen LogP contribution in [0.15, 0.2) is 18.3 Å². The zero-order chi connectivity index (χ0) is 13.7. The Balaban J connectivity index is 1.94. The number of hydrogen-bond donors (Lipinski definition) is 1. The first-order chi connectivity index (χ1) is 9.18. The van der Waals surface area contributed by atoms with Gasteiger partial charge in [0.25, 0.3) is 0 Å². The van der Waals surface area contributed by atoms with Crippen molar-refractivity contribution in [3.63, 3.8) is 0 Å². The van der Waals surface area contributed by atoms with E-state index < -0.39 is 4.92 Å². The number of nitrogens with zero attached hydrogens (tertiary/aromatic N) is 3. The van der Waals surface area contributed by atoms with Gasteiger partial charge >= 0.3 is 5.82 Å². The van der Waals surface area contributed by atoms with Gasteiger partial charge in [0.05, 0.1) is 6.54 Å². The van der Waals surface area contributed by atoms with Crippen molar-refractivity contribution in [2.75, 3.05) is 25.0 Å². The van der Waals surface area contributed by atoms with Gasteiger partial charge in [-0.15, -0.1) is 0 Å². The van der Waals surface area contributed by atoms with Gasteiger partial charge in [-0.1, -0.05) is 0 Å². The van der Waals surface area contributed by atoms with Gasteiger partial charge in [-0.25, -0.2) is 0 Å². The van der Waals surface area contributed by atoms with E-state index in [1.165, 1.54) is 6.20 Å². The Morgan fingerprint density at radius 2 is 2.16 bits per heavy atom. The summed E-state index contributed by atoms with van der Waals surface area (Å²) in [6.07, 6.45) is 4.57. The molecule has 1 aromatic rings. The van der Waals surface area contributed by atoms with Crippen LogP contribution in [0.3, 0.4) is 0 Å². The molecule has 1 aliphatic heterocycles. The van der Waals surface area contributed by atoms with Crippen molar-refractivity contribution in [2.45, 2.75) is 19.3 Å². The van der Waals surface area contributed by atoms with E-state index in [2.05, 4.69) is 10.3 Å². The van der Waals surface area contributed by atoms with Crippen LogP contribution < -0.4 is 5.32 Å². The van der Waals surface area contributed by atoms with E-state index in [0.29, 0.717) is 0 Å². The van der Waals surface area contributed by atoms with E-state index >= 15 is 0 Å². The lowest BCUT2D eigenvalue weighted by molar-refractivity contribution is -0.388. The van der Waals surface area contributed by atoms with E-state index in [0.717, 1.165) is 32.4 Å². The van der Waals surface area contributed by atoms with Crippen molar-refractivity contribution in [3.05, 3.63) is 28.4 Å². The largest absolute Gasteiger partial charge is 0.386 e. The molecule has 0 saturated carbocycles. The molecule has 1 saturated heterocycles. The molecule has 1 N–H and O–H groups in total. The van der Waals surface area contributed by atoms with Gasteiger partial charge in [0, 0.05) is 13.1 Å². The van der Waals surface area contributed by atoms with Crippen LogP contribution >= 0.6 is 0 Å². The van der Waals surface area contributed by atoms with Crippen LogP contribution in [-0.4, -0.2) is 40.3 Å². The van der Waals surface area contributed by atoms with Crippen LogP contribution in [-0.2, 0) is 4.79 Å². The number of carbonyl (C=O) groups is 1. The smallest absolute Gasteiger partial charge is 0.369 e. The van der Waals surface area contributed by atoms with Gasteiger partial charge in [-0.2, -0.15) is 0 Å². The number of rotatable bonds is 4. The molecule has 0 radical (unpaired) electrons. The van der Waals surface area contributed by atoms with Gasteiger partial charge < -0.3 is 20.3 Å². The minimum atomic E-state index is -0.562. The second kappa shape index (κ2) is 6.12. The molecule has 2 rings (SSSR count). The Hall–Kier alpha value is -2.18. The fourth-order valence-electron chi connectivity index (χ4n) is 2.11.